The SMILES string of the molecule is CC(C)C[C@H](NC(=O)[C@H](Cc1ccccc1)NC(=O)[C@H](CCCCN)NC(=O)[C@H](C)NC(=O)[C@H](C)NC(=O)[C@H](C)NC(=O)[C@@H](NC(=O)[C@H](CCC(=O)O)NC(=O)[C@H](C)N)[C@@H](C)O)C(=O)N[C@@H](CCCN=C(N)N)C(=O)N[C@]1(C(=O)N[C@@H](C)C(=O)N[C@@H](Cc2cnc[nH]2)C(=O)N[C@@H](C)C(N)=O)C[C@H]1CN=C(N)N. The summed E-state index contributed by atoms with van der Waals surface area (Å²) < 4.78 is 0. The predicted octanol–water partition coefficient (Wildman–Crippen LogP) is -8.43. The highest BCUT2D eigenvalue weighted by molar-refractivity contribution is 6.02. The number of unbranched alkanes of at least 4 members (excludes halogenated alkanes) is 1. The van der Waals surface area contributed by atoms with E-state index in [1.54, 1.807) is 44.2 Å². The van der Waals surface area contributed by atoms with Gasteiger partial charge in [0, 0.05) is 50.2 Å². The molecule has 2 aromatic rings. The van der Waals surface area contributed by atoms with Gasteiger partial charge in [0.2, 0.25) is 82.7 Å². The summed E-state index contributed by atoms with van der Waals surface area (Å²) in [4.78, 5) is 218. The van der Waals surface area contributed by atoms with E-state index in [0.29, 0.717) is 17.7 Å². The van der Waals surface area contributed by atoms with Crippen molar-refractivity contribution in [3.63, 3.8) is 0 Å². The van der Waals surface area contributed by atoms with Crippen molar-refractivity contribution < 1.29 is 82.1 Å². The number of primary amides is 1. The molecule has 1 saturated carbocycles. The van der Waals surface area contributed by atoms with Crippen molar-refractivity contribution in [1.82, 2.24) is 79.1 Å². The second-order valence-electron chi connectivity index (χ2n) is 26.8. The molecule has 0 spiro atoms. The highest BCUT2D eigenvalue weighted by atomic mass is 16.4. The minimum atomic E-state index is -1.81. The van der Waals surface area contributed by atoms with Crippen molar-refractivity contribution in [2.45, 2.75) is 223 Å². The molecule has 1 aliphatic carbocycles. The second-order valence-corrected chi connectivity index (χ2v) is 26.8. The van der Waals surface area contributed by atoms with Crippen LogP contribution in [0.25, 0.3) is 0 Å². The third-order valence-corrected chi connectivity index (χ3v) is 16.9. The first-order valence-corrected chi connectivity index (χ1v) is 34.9. The number of hydrogen-bond acceptors (Lipinski definition) is 21. The molecule has 1 fully saturated rings. The van der Waals surface area contributed by atoms with Crippen molar-refractivity contribution in [3.8, 4) is 0 Å². The van der Waals surface area contributed by atoms with Gasteiger partial charge in [0.05, 0.1) is 18.5 Å². The van der Waals surface area contributed by atoms with Crippen molar-refractivity contribution in [2.75, 3.05) is 19.6 Å². The van der Waals surface area contributed by atoms with Gasteiger partial charge in [-0.15, -0.1) is 0 Å². The van der Waals surface area contributed by atoms with Gasteiger partial charge in [-0.3, -0.25) is 81.9 Å². The predicted molar refractivity (Wildman–Crippen MR) is 387 cm³/mol. The first kappa shape index (κ1) is 90.1. The quantitative estimate of drug-likeness (QED) is 0.0166. The molecule has 0 unspecified atom stereocenters. The number of guanidine groups is 2. The Morgan fingerprint density at radius 3 is 1.51 bits per heavy atom. The first-order chi connectivity index (χ1) is 50.2. The Bertz CT molecular complexity index is 3460. The highest BCUT2D eigenvalue weighted by Gasteiger charge is 2.62. The van der Waals surface area contributed by atoms with E-state index in [1.165, 1.54) is 54.1 Å². The van der Waals surface area contributed by atoms with E-state index in [0.717, 1.165) is 6.92 Å². The number of nitrogens with one attached hydrogen (secondary N) is 14. The molecular weight excluding hydrogens is 1400 g/mol. The van der Waals surface area contributed by atoms with Crippen LogP contribution in [-0.2, 0) is 84.8 Å². The van der Waals surface area contributed by atoms with Crippen LogP contribution in [0.1, 0.15) is 131 Å². The number of carboxylic acid groups (broad SMARTS) is 1. The molecule has 1 aromatic heterocycles. The zero-order valence-corrected chi connectivity index (χ0v) is 61.6. The minimum absolute atomic E-state index is 0.0311. The lowest BCUT2D eigenvalue weighted by atomic mass is 9.99. The number of aliphatic hydroxyl groups excluding tert-OH is 1. The van der Waals surface area contributed by atoms with Gasteiger partial charge in [-0.25, -0.2) is 4.98 Å². The van der Waals surface area contributed by atoms with Crippen LogP contribution >= 0.6 is 0 Å². The molecule has 107 heavy (non-hydrogen) atoms. The van der Waals surface area contributed by atoms with E-state index in [2.05, 4.69) is 89.1 Å². The summed E-state index contributed by atoms with van der Waals surface area (Å²) in [5, 5.41) is 52.4. The Hall–Kier alpha value is -11.1. The van der Waals surface area contributed by atoms with E-state index in [4.69, 9.17) is 40.1 Å². The lowest BCUT2D eigenvalue weighted by Gasteiger charge is -2.29. The maximum absolute atomic E-state index is 14.8. The summed E-state index contributed by atoms with van der Waals surface area (Å²) in [5.74, 6) is -15.6. The molecule has 41 nitrogen and oxygen atoms in total. The largest absolute Gasteiger partial charge is 0.481 e. The van der Waals surface area contributed by atoms with Gasteiger partial charge in [0.15, 0.2) is 11.9 Å². The monoisotopic (exact) mass is 1510 g/mol. The highest BCUT2D eigenvalue weighted by Crippen LogP contribution is 2.44. The normalized spacial score (nSPS) is 17.5. The summed E-state index contributed by atoms with van der Waals surface area (Å²) in [6.45, 7) is 12.3. The number of carbonyl (C=O) groups excluding carboxylic acids is 14. The Balaban J connectivity index is 1.87. The number of hydrogen-bond donors (Lipinski definition) is 23. The molecule has 0 radical (unpaired) electrons. The zero-order valence-electron chi connectivity index (χ0n) is 61.6. The molecule has 0 saturated heterocycles. The van der Waals surface area contributed by atoms with Gasteiger partial charge in [0.25, 0.3) is 0 Å². The van der Waals surface area contributed by atoms with Crippen molar-refractivity contribution >= 4 is 101 Å². The smallest absolute Gasteiger partial charge is 0.303 e. The molecule has 1 aromatic carbocycles. The fourth-order valence-corrected chi connectivity index (χ4v) is 10.5. The van der Waals surface area contributed by atoms with Crippen LogP contribution in [0.15, 0.2) is 52.8 Å². The number of nitrogens with zero attached hydrogens (tertiary/aromatic N) is 3. The Labute approximate surface area is 618 Å². The van der Waals surface area contributed by atoms with Crippen LogP contribution in [0, 0.1) is 11.8 Å². The van der Waals surface area contributed by atoms with Crippen LogP contribution in [0.3, 0.4) is 0 Å². The van der Waals surface area contributed by atoms with Gasteiger partial charge >= 0.3 is 5.97 Å². The van der Waals surface area contributed by atoms with Crippen LogP contribution in [0.2, 0.25) is 0 Å². The van der Waals surface area contributed by atoms with Crippen LogP contribution in [0.4, 0.5) is 0 Å². The van der Waals surface area contributed by atoms with E-state index in [1.807, 2.05) is 0 Å². The number of benzene rings is 1. The molecule has 16 atom stereocenters. The van der Waals surface area contributed by atoms with E-state index in [-0.39, 0.29) is 88.8 Å². The number of H-pyrrole nitrogens is 1. The number of carbonyl (C=O) groups is 15. The van der Waals surface area contributed by atoms with E-state index < -0.39 is 198 Å². The third-order valence-electron chi connectivity index (χ3n) is 16.9. The standard InChI is InChI=1S/C66H108N24O17/c1-31(2)24-45(59(103)85-43(19-15-23-75-64(70)71)61(105)90-66(27-40(66)28-76-65(72)73)63(107)82-37(8)55(99)86-47(26-41-29-74-30-77-41)58(102)78-33(4)50(69)94)87-60(104)46(25-39-16-11-10-12-17-39)88-56(100)42(18-13-14-22-67)84-54(98)36(7)80-52(96)34(5)79-53(97)35(6)81-62(106)49(38(9)91)89-57(101)44(20-21-48(92)93)83-51(95)32(3)68/h10-12,16-17,29-38,40,42-47,49,91H,13-15,18-28,67-68H2,1-9H3,(H2,69,94)(H,74,77)(H,78,102)(H,79,97)(H,80,96)(H,81,106)(H,82,107)(H,83,95)(H,84,98)(H,85,103)(H,86,99)(H,87,104)(H,88,100)(H,89,101)(H,90,105)(H,92,93)(H4,70,71,75)(H4,72,73,76)/t32-,33-,34-,35-,36-,37-,38+,40-,42-,43-,44-,45-,46-,47-,49-,66+/m0/s1. The molecule has 3 rings (SSSR count). The van der Waals surface area contributed by atoms with E-state index >= 15 is 0 Å². The van der Waals surface area contributed by atoms with E-state index in [9.17, 15) is 82.1 Å². The summed E-state index contributed by atoms with van der Waals surface area (Å²) in [6.07, 6.45) is 0.298. The molecular formula is C66H108N24O17. The maximum Gasteiger partial charge on any atom is 0.303 e. The van der Waals surface area contributed by atoms with Crippen LogP contribution in [-0.4, -0.2) is 231 Å². The Morgan fingerprint density at radius 2 is 0.981 bits per heavy atom. The fraction of sp³-hybridized carbons (Fsp3) is 0.606. The van der Waals surface area contributed by atoms with Gasteiger partial charge in [-0.2, -0.15) is 0 Å². The molecule has 594 valence electrons. The van der Waals surface area contributed by atoms with Gasteiger partial charge in [-0.05, 0) is 118 Å². The lowest BCUT2D eigenvalue weighted by molar-refractivity contribution is -0.139. The Kier molecular flexibility index (Phi) is 37.1. The number of aliphatic imine (C=N–C) groups is 2. The number of carboxylic acids is 1. The second kappa shape index (κ2) is 44.0. The molecule has 14 amide bonds. The molecule has 0 aliphatic heterocycles. The molecule has 41 heteroatoms. The average molecular weight is 1510 g/mol. The summed E-state index contributed by atoms with van der Waals surface area (Å²) in [6, 6.07) is -9.66. The number of nitrogens with two attached hydrogens (primary N) is 7. The van der Waals surface area contributed by atoms with Crippen molar-refractivity contribution in [1.29, 1.82) is 0 Å². The Morgan fingerprint density at radius 1 is 0.523 bits per heavy atom. The van der Waals surface area contributed by atoms with Crippen molar-refractivity contribution in [3.05, 3.63) is 54.1 Å². The number of aliphatic carboxylic acids is 1. The number of aromatic nitrogens is 2. The van der Waals surface area contributed by atoms with Gasteiger partial charge in [0.1, 0.15) is 78.0 Å². The van der Waals surface area contributed by atoms with Gasteiger partial charge in [-0.1, -0.05) is 44.2 Å². The number of aliphatic hydroxyl groups is 1. The van der Waals surface area contributed by atoms with Gasteiger partial charge < -0.3 is 124 Å². The molecule has 0 bridgehead atoms. The number of amides is 14. The van der Waals surface area contributed by atoms with Crippen molar-refractivity contribution in [2.24, 2.45) is 62.0 Å². The van der Waals surface area contributed by atoms with Crippen LogP contribution < -0.4 is 109 Å². The average Bonchev–Trinajstić information content (AvgIpc) is 1.58. The topological polar surface area (TPSA) is 688 Å². The molecule has 1 aliphatic rings. The number of imidazole rings is 1. The minimum Gasteiger partial charge on any atom is -0.481 e. The zero-order chi connectivity index (χ0) is 80.6. The maximum atomic E-state index is 14.8. The fourth-order valence-electron chi connectivity index (χ4n) is 10.5. The first-order valence-electron chi connectivity index (χ1n) is 34.9. The lowest BCUT2D eigenvalue weighted by Crippen LogP contribution is -2.61. The summed E-state index contributed by atoms with van der Waals surface area (Å²) in [7, 11) is 0. The third kappa shape index (κ3) is 31.2. The number of aromatic amines is 1. The number of rotatable bonds is 47. The molecule has 30 N–H and O–H groups in total. The molecule has 1 heterocycles. The summed E-state index contributed by atoms with van der Waals surface area (Å²) >= 11 is 0. The summed E-state index contributed by atoms with van der Waals surface area (Å²) in [5.41, 5.74) is 38.4. The van der Waals surface area contributed by atoms with Crippen LogP contribution in [0.5, 0.6) is 0 Å².